The monoisotopic (exact) mass is 323 g/mol. The fourth-order valence-electron chi connectivity index (χ4n) is 2.06. The summed E-state index contributed by atoms with van der Waals surface area (Å²) >= 11 is 0. The van der Waals surface area contributed by atoms with Crippen LogP contribution in [0.1, 0.15) is 46.4 Å². The molecule has 0 bridgehead atoms. The molecule has 0 saturated heterocycles. The van der Waals surface area contributed by atoms with Crippen LogP contribution in [-0.2, 0) is 4.74 Å². The second-order valence-corrected chi connectivity index (χ2v) is 6.71. The van der Waals surface area contributed by atoms with Crippen molar-refractivity contribution in [2.75, 3.05) is 19.6 Å². The van der Waals surface area contributed by atoms with E-state index in [1.54, 1.807) is 13.1 Å². The lowest BCUT2D eigenvalue weighted by Gasteiger charge is -2.28. The first-order valence-corrected chi connectivity index (χ1v) is 7.99. The largest absolute Gasteiger partial charge is 0.444 e. The first-order chi connectivity index (χ1) is 10.7. The second-order valence-electron chi connectivity index (χ2n) is 6.71. The molecule has 1 rings (SSSR count). The standard InChI is InChI=1S/C17H29N3O3/c1-13(21)12-20(16(22)23-17(3,4)5)11-10-18-14(2)15-8-6-7-9-19-15/h6-9,13-14,18,21H,10-12H2,1-5H3. The predicted octanol–water partition coefficient (Wildman–Crippen LogP) is 2.35. The maximum Gasteiger partial charge on any atom is 0.410 e. The van der Waals surface area contributed by atoms with E-state index in [9.17, 15) is 9.90 Å². The van der Waals surface area contributed by atoms with Crippen LogP contribution in [-0.4, -0.2) is 52.4 Å². The molecule has 0 aliphatic heterocycles. The molecule has 2 N–H and O–H groups in total. The smallest absolute Gasteiger partial charge is 0.410 e. The lowest BCUT2D eigenvalue weighted by atomic mass is 10.2. The zero-order chi connectivity index (χ0) is 17.5. The Kier molecular flexibility index (Phi) is 7.45. The van der Waals surface area contributed by atoms with Crippen LogP contribution in [0, 0.1) is 0 Å². The number of aliphatic hydroxyl groups is 1. The number of carbonyl (C=O) groups is 1. The summed E-state index contributed by atoms with van der Waals surface area (Å²) in [6.07, 6.45) is 0.745. The van der Waals surface area contributed by atoms with Crippen molar-refractivity contribution in [2.45, 2.75) is 52.4 Å². The van der Waals surface area contributed by atoms with E-state index in [0.717, 1.165) is 5.69 Å². The van der Waals surface area contributed by atoms with E-state index in [4.69, 9.17) is 4.74 Å². The first kappa shape index (κ1) is 19.4. The molecule has 0 spiro atoms. The lowest BCUT2D eigenvalue weighted by Crippen LogP contribution is -2.43. The van der Waals surface area contributed by atoms with Gasteiger partial charge in [-0.2, -0.15) is 0 Å². The van der Waals surface area contributed by atoms with Gasteiger partial charge < -0.3 is 20.1 Å². The van der Waals surface area contributed by atoms with E-state index in [-0.39, 0.29) is 12.6 Å². The van der Waals surface area contributed by atoms with Crippen LogP contribution in [0.5, 0.6) is 0 Å². The molecule has 1 aromatic heterocycles. The van der Waals surface area contributed by atoms with Gasteiger partial charge in [-0.3, -0.25) is 4.98 Å². The highest BCUT2D eigenvalue weighted by Gasteiger charge is 2.23. The molecular formula is C17H29N3O3. The molecular weight excluding hydrogens is 294 g/mol. The average molecular weight is 323 g/mol. The normalized spacial score (nSPS) is 14.2. The number of carbonyl (C=O) groups excluding carboxylic acids is 1. The number of amides is 1. The number of nitrogens with zero attached hydrogens (tertiary/aromatic N) is 2. The summed E-state index contributed by atoms with van der Waals surface area (Å²) < 4.78 is 5.38. The molecule has 0 radical (unpaired) electrons. The fourth-order valence-corrected chi connectivity index (χ4v) is 2.06. The van der Waals surface area contributed by atoms with Gasteiger partial charge in [0.25, 0.3) is 0 Å². The van der Waals surface area contributed by atoms with E-state index in [0.29, 0.717) is 13.1 Å². The molecule has 0 aliphatic carbocycles. The molecule has 6 heteroatoms. The summed E-state index contributed by atoms with van der Waals surface area (Å²) in [4.78, 5) is 18.0. The van der Waals surface area contributed by atoms with Gasteiger partial charge in [0.1, 0.15) is 5.60 Å². The van der Waals surface area contributed by atoms with Crippen LogP contribution in [0.4, 0.5) is 4.79 Å². The number of rotatable bonds is 7. The van der Waals surface area contributed by atoms with Crippen molar-refractivity contribution in [1.29, 1.82) is 0 Å². The topological polar surface area (TPSA) is 74.7 Å². The number of aromatic nitrogens is 1. The number of pyridine rings is 1. The molecule has 23 heavy (non-hydrogen) atoms. The third-order valence-electron chi connectivity index (χ3n) is 3.10. The first-order valence-electron chi connectivity index (χ1n) is 7.99. The summed E-state index contributed by atoms with van der Waals surface area (Å²) in [5.74, 6) is 0. The Bertz CT molecular complexity index is 472. The molecule has 0 fully saturated rings. The van der Waals surface area contributed by atoms with Crippen LogP contribution in [0.25, 0.3) is 0 Å². The van der Waals surface area contributed by atoms with Gasteiger partial charge in [-0.25, -0.2) is 4.79 Å². The number of hydrogen-bond donors (Lipinski definition) is 2. The van der Waals surface area contributed by atoms with E-state index >= 15 is 0 Å². The number of hydrogen-bond acceptors (Lipinski definition) is 5. The Labute approximate surface area is 138 Å². The Balaban J connectivity index is 2.52. The minimum Gasteiger partial charge on any atom is -0.444 e. The molecule has 2 unspecified atom stereocenters. The minimum atomic E-state index is -0.601. The number of nitrogens with one attached hydrogen (secondary N) is 1. The van der Waals surface area contributed by atoms with Crippen LogP contribution in [0.15, 0.2) is 24.4 Å². The van der Waals surface area contributed by atoms with Crippen molar-refractivity contribution >= 4 is 6.09 Å². The highest BCUT2D eigenvalue weighted by molar-refractivity contribution is 5.68. The molecule has 130 valence electrons. The quantitative estimate of drug-likeness (QED) is 0.805. The Morgan fingerprint density at radius 3 is 2.61 bits per heavy atom. The fraction of sp³-hybridized carbons (Fsp3) is 0.647. The molecule has 1 amide bonds. The van der Waals surface area contributed by atoms with Crippen LogP contribution >= 0.6 is 0 Å². The predicted molar refractivity (Wildman–Crippen MR) is 90.1 cm³/mol. The summed E-state index contributed by atoms with van der Waals surface area (Å²) in [7, 11) is 0. The van der Waals surface area contributed by atoms with Gasteiger partial charge in [-0.1, -0.05) is 6.07 Å². The molecule has 0 aromatic carbocycles. The van der Waals surface area contributed by atoms with Gasteiger partial charge in [0.15, 0.2) is 0 Å². The van der Waals surface area contributed by atoms with Crippen molar-refractivity contribution in [1.82, 2.24) is 15.2 Å². The maximum absolute atomic E-state index is 12.2. The zero-order valence-electron chi connectivity index (χ0n) is 14.7. The summed E-state index contributed by atoms with van der Waals surface area (Å²) in [6, 6.07) is 5.87. The van der Waals surface area contributed by atoms with E-state index in [1.165, 1.54) is 4.90 Å². The van der Waals surface area contributed by atoms with Gasteiger partial charge in [-0.15, -0.1) is 0 Å². The van der Waals surface area contributed by atoms with Gasteiger partial charge in [0.2, 0.25) is 0 Å². The molecule has 0 aliphatic rings. The van der Waals surface area contributed by atoms with Crippen molar-refractivity contribution in [3.8, 4) is 0 Å². The molecule has 1 aromatic rings. The molecule has 1 heterocycles. The van der Waals surface area contributed by atoms with Crippen molar-refractivity contribution in [2.24, 2.45) is 0 Å². The van der Waals surface area contributed by atoms with Crippen molar-refractivity contribution < 1.29 is 14.6 Å². The van der Waals surface area contributed by atoms with Crippen LogP contribution in [0.2, 0.25) is 0 Å². The maximum atomic E-state index is 12.2. The number of ether oxygens (including phenoxy) is 1. The zero-order valence-corrected chi connectivity index (χ0v) is 14.7. The third kappa shape index (κ3) is 7.95. The summed E-state index contributed by atoms with van der Waals surface area (Å²) in [6.45, 7) is 10.4. The second kappa shape index (κ2) is 8.84. The average Bonchev–Trinajstić information content (AvgIpc) is 2.44. The lowest BCUT2D eigenvalue weighted by molar-refractivity contribution is 0.0163. The Hall–Kier alpha value is -1.66. The summed E-state index contributed by atoms with van der Waals surface area (Å²) in [5, 5.41) is 12.9. The van der Waals surface area contributed by atoms with Gasteiger partial charge in [-0.05, 0) is 46.8 Å². The van der Waals surface area contributed by atoms with Gasteiger partial charge in [0.05, 0.1) is 11.8 Å². The van der Waals surface area contributed by atoms with E-state index in [1.807, 2.05) is 45.9 Å². The molecule has 2 atom stereocenters. The van der Waals surface area contributed by atoms with Gasteiger partial charge >= 0.3 is 6.09 Å². The van der Waals surface area contributed by atoms with Crippen LogP contribution < -0.4 is 5.32 Å². The molecule has 0 saturated carbocycles. The van der Waals surface area contributed by atoms with Crippen molar-refractivity contribution in [3.05, 3.63) is 30.1 Å². The highest BCUT2D eigenvalue weighted by Crippen LogP contribution is 2.11. The third-order valence-corrected chi connectivity index (χ3v) is 3.10. The molecule has 6 nitrogen and oxygen atoms in total. The van der Waals surface area contributed by atoms with E-state index < -0.39 is 17.8 Å². The van der Waals surface area contributed by atoms with Gasteiger partial charge in [0, 0.05) is 31.9 Å². The van der Waals surface area contributed by atoms with Crippen molar-refractivity contribution in [3.63, 3.8) is 0 Å². The van der Waals surface area contributed by atoms with E-state index in [2.05, 4.69) is 10.3 Å². The minimum absolute atomic E-state index is 0.0863. The Morgan fingerprint density at radius 1 is 1.39 bits per heavy atom. The SMILES string of the molecule is CC(O)CN(CCNC(C)c1ccccn1)C(=O)OC(C)(C)C. The van der Waals surface area contributed by atoms with Crippen LogP contribution in [0.3, 0.4) is 0 Å². The highest BCUT2D eigenvalue weighted by atomic mass is 16.6. The Morgan fingerprint density at radius 2 is 2.09 bits per heavy atom. The number of aliphatic hydroxyl groups excluding tert-OH is 1. The summed E-state index contributed by atoms with van der Waals surface area (Å²) in [5.41, 5.74) is 0.398.